The molecule has 26 heavy (non-hydrogen) atoms. The first-order valence-corrected chi connectivity index (χ1v) is 9.86. The summed E-state index contributed by atoms with van der Waals surface area (Å²) in [4.78, 5) is 33.5. The molecule has 0 unspecified atom stereocenters. The lowest BCUT2D eigenvalue weighted by Crippen LogP contribution is -2.25. The topological polar surface area (TPSA) is 86.1 Å². The van der Waals surface area contributed by atoms with Crippen LogP contribution in [0.4, 0.5) is 5.13 Å². The number of fused-ring (bicyclic) bond motifs is 1. The van der Waals surface area contributed by atoms with Crippen LogP contribution in [0.25, 0.3) is 10.9 Å². The fourth-order valence-electron chi connectivity index (χ4n) is 2.39. The minimum atomic E-state index is -0.184. The zero-order valence-corrected chi connectivity index (χ0v) is 15.8. The van der Waals surface area contributed by atoms with Crippen LogP contribution in [-0.2, 0) is 16.1 Å². The van der Waals surface area contributed by atoms with Crippen LogP contribution in [0.5, 0.6) is 0 Å². The molecule has 1 amide bonds. The van der Waals surface area contributed by atoms with Crippen LogP contribution in [-0.4, -0.2) is 39.9 Å². The van der Waals surface area contributed by atoms with Crippen LogP contribution < -0.4 is 10.9 Å². The van der Waals surface area contributed by atoms with Gasteiger partial charge in [0.1, 0.15) is 0 Å². The molecule has 0 aliphatic heterocycles. The number of nitrogens with zero attached hydrogens (tertiary/aromatic N) is 3. The third-order valence-corrected chi connectivity index (χ3v) is 5.23. The van der Waals surface area contributed by atoms with Gasteiger partial charge in [-0.2, -0.15) is 0 Å². The number of aromatic nitrogens is 3. The quantitative estimate of drug-likeness (QED) is 0.361. The van der Waals surface area contributed by atoms with Gasteiger partial charge in [-0.25, -0.2) is 9.97 Å². The Balaban J connectivity index is 1.81. The van der Waals surface area contributed by atoms with Crippen LogP contribution in [0.1, 0.15) is 6.42 Å². The van der Waals surface area contributed by atoms with Crippen LogP contribution in [0.2, 0.25) is 0 Å². The van der Waals surface area contributed by atoms with E-state index in [1.807, 2.05) is 12.1 Å². The first kappa shape index (κ1) is 18.6. The van der Waals surface area contributed by atoms with E-state index in [2.05, 4.69) is 15.3 Å². The number of nitrogens with one attached hydrogen (secondary N) is 1. The normalized spacial score (nSPS) is 11.0. The van der Waals surface area contributed by atoms with Gasteiger partial charge in [0.15, 0.2) is 10.3 Å². The van der Waals surface area contributed by atoms with E-state index in [0.29, 0.717) is 40.8 Å². The number of hydrogen-bond donors (Lipinski definition) is 1. The van der Waals surface area contributed by atoms with Crippen molar-refractivity contribution in [1.82, 2.24) is 14.5 Å². The van der Waals surface area contributed by atoms with E-state index in [1.165, 1.54) is 23.1 Å². The number of benzene rings is 1. The Morgan fingerprint density at radius 1 is 1.38 bits per heavy atom. The second-order valence-electron chi connectivity index (χ2n) is 5.39. The number of anilines is 1. The highest BCUT2D eigenvalue weighted by atomic mass is 32.2. The van der Waals surface area contributed by atoms with Gasteiger partial charge in [0.2, 0.25) is 5.91 Å². The highest BCUT2D eigenvalue weighted by Gasteiger charge is 2.13. The summed E-state index contributed by atoms with van der Waals surface area (Å²) in [5, 5.41) is 6.17. The van der Waals surface area contributed by atoms with Crippen LogP contribution in [0.3, 0.4) is 0 Å². The van der Waals surface area contributed by atoms with E-state index in [0.717, 1.165) is 0 Å². The Kier molecular flexibility index (Phi) is 6.37. The van der Waals surface area contributed by atoms with Crippen molar-refractivity contribution < 1.29 is 9.53 Å². The van der Waals surface area contributed by atoms with Gasteiger partial charge in [-0.05, 0) is 18.6 Å². The van der Waals surface area contributed by atoms with Crippen molar-refractivity contribution in [2.45, 2.75) is 18.1 Å². The molecule has 0 saturated heterocycles. The van der Waals surface area contributed by atoms with Gasteiger partial charge in [0.25, 0.3) is 5.56 Å². The van der Waals surface area contributed by atoms with E-state index in [9.17, 15) is 9.59 Å². The van der Waals surface area contributed by atoms with Gasteiger partial charge in [-0.15, -0.1) is 11.3 Å². The SMILES string of the molecule is COCCCn1c(SCC(=O)Nc2nccs2)nc2ccccc2c1=O. The molecule has 0 saturated carbocycles. The number of hydrogen-bond acceptors (Lipinski definition) is 7. The molecule has 9 heteroatoms. The molecule has 7 nitrogen and oxygen atoms in total. The van der Waals surface area contributed by atoms with E-state index in [4.69, 9.17) is 4.74 Å². The summed E-state index contributed by atoms with van der Waals surface area (Å²) in [5.74, 6) is -0.0370. The highest BCUT2D eigenvalue weighted by Crippen LogP contribution is 2.19. The van der Waals surface area contributed by atoms with E-state index in [1.54, 1.807) is 35.4 Å². The second-order valence-corrected chi connectivity index (χ2v) is 7.23. The van der Waals surface area contributed by atoms with Crippen molar-refractivity contribution >= 4 is 45.0 Å². The highest BCUT2D eigenvalue weighted by molar-refractivity contribution is 7.99. The average Bonchev–Trinajstić information content (AvgIpc) is 3.15. The molecule has 3 aromatic rings. The summed E-state index contributed by atoms with van der Waals surface area (Å²) >= 11 is 2.60. The molecular formula is C17H18N4O3S2. The van der Waals surface area contributed by atoms with Crippen molar-refractivity contribution in [2.75, 3.05) is 24.8 Å². The van der Waals surface area contributed by atoms with Crippen molar-refractivity contribution in [1.29, 1.82) is 0 Å². The summed E-state index contributed by atoms with van der Waals surface area (Å²) < 4.78 is 6.69. The molecule has 2 heterocycles. The largest absolute Gasteiger partial charge is 0.385 e. The maximum absolute atomic E-state index is 12.8. The zero-order valence-electron chi connectivity index (χ0n) is 14.2. The summed E-state index contributed by atoms with van der Waals surface area (Å²) in [5.41, 5.74) is 0.526. The molecule has 136 valence electrons. The number of thioether (sulfide) groups is 1. The molecule has 0 spiro atoms. The summed E-state index contributed by atoms with van der Waals surface area (Å²) in [6.45, 7) is 1.04. The number of amides is 1. The molecule has 0 fully saturated rings. The Morgan fingerprint density at radius 3 is 3.00 bits per heavy atom. The number of rotatable bonds is 8. The van der Waals surface area contributed by atoms with Crippen molar-refractivity contribution in [3.8, 4) is 0 Å². The molecule has 0 atom stereocenters. The Bertz CT molecular complexity index is 941. The van der Waals surface area contributed by atoms with E-state index >= 15 is 0 Å². The lowest BCUT2D eigenvalue weighted by Gasteiger charge is -2.12. The predicted octanol–water partition coefficient (Wildman–Crippen LogP) is 2.62. The van der Waals surface area contributed by atoms with Crippen LogP contribution >= 0.6 is 23.1 Å². The molecule has 1 aromatic carbocycles. The fraction of sp³-hybridized carbons (Fsp3) is 0.294. The third kappa shape index (κ3) is 4.48. The monoisotopic (exact) mass is 390 g/mol. The van der Waals surface area contributed by atoms with Crippen molar-refractivity contribution in [2.24, 2.45) is 0 Å². The van der Waals surface area contributed by atoms with Crippen molar-refractivity contribution in [3.63, 3.8) is 0 Å². The molecule has 0 aliphatic rings. The zero-order chi connectivity index (χ0) is 18.4. The number of carbonyl (C=O) groups is 1. The number of para-hydroxylation sites is 1. The van der Waals surface area contributed by atoms with Gasteiger partial charge in [-0.1, -0.05) is 23.9 Å². The molecule has 1 N–H and O–H groups in total. The molecule has 3 rings (SSSR count). The van der Waals surface area contributed by atoms with E-state index in [-0.39, 0.29) is 17.2 Å². The Morgan fingerprint density at radius 2 is 2.23 bits per heavy atom. The summed E-state index contributed by atoms with van der Waals surface area (Å²) in [7, 11) is 1.63. The van der Waals surface area contributed by atoms with Crippen molar-refractivity contribution in [3.05, 3.63) is 46.2 Å². The smallest absolute Gasteiger partial charge is 0.262 e. The minimum absolute atomic E-state index is 0.102. The minimum Gasteiger partial charge on any atom is -0.385 e. The molecule has 0 bridgehead atoms. The standard InChI is InChI=1S/C17H18N4O3S2/c1-24-9-4-8-21-15(23)12-5-2-3-6-13(12)19-17(21)26-11-14(22)20-16-18-7-10-25-16/h2-3,5-7,10H,4,8-9,11H2,1H3,(H,18,20,22). The second kappa shape index (κ2) is 8.93. The van der Waals surface area contributed by atoms with Gasteiger partial charge < -0.3 is 10.1 Å². The molecule has 0 aliphatic carbocycles. The Labute approximate surface area is 158 Å². The number of ether oxygens (including phenoxy) is 1. The van der Waals surface area contributed by atoms with Gasteiger partial charge in [0, 0.05) is 31.8 Å². The summed E-state index contributed by atoms with van der Waals surface area (Å²) in [6.07, 6.45) is 2.32. The van der Waals surface area contributed by atoms with Crippen LogP contribution in [0, 0.1) is 0 Å². The average molecular weight is 390 g/mol. The number of carbonyl (C=O) groups excluding carboxylic acids is 1. The predicted molar refractivity (Wildman–Crippen MR) is 104 cm³/mol. The maximum atomic E-state index is 12.8. The lowest BCUT2D eigenvalue weighted by atomic mass is 10.2. The Hall–Kier alpha value is -2.23. The summed E-state index contributed by atoms with van der Waals surface area (Å²) in [6, 6.07) is 7.23. The molecule has 2 aromatic heterocycles. The van der Waals surface area contributed by atoms with E-state index < -0.39 is 0 Å². The maximum Gasteiger partial charge on any atom is 0.262 e. The molecule has 0 radical (unpaired) electrons. The first-order chi connectivity index (χ1) is 12.7. The van der Waals surface area contributed by atoms with Gasteiger partial charge in [-0.3, -0.25) is 14.2 Å². The number of thiazole rings is 1. The van der Waals surface area contributed by atoms with Gasteiger partial charge in [0.05, 0.1) is 16.7 Å². The lowest BCUT2D eigenvalue weighted by molar-refractivity contribution is -0.113. The fourth-order valence-corrected chi connectivity index (χ4v) is 3.76. The molecular weight excluding hydrogens is 372 g/mol. The van der Waals surface area contributed by atoms with Gasteiger partial charge >= 0.3 is 0 Å². The third-order valence-electron chi connectivity index (χ3n) is 3.57. The first-order valence-electron chi connectivity index (χ1n) is 7.99. The van der Waals surface area contributed by atoms with Crippen LogP contribution in [0.15, 0.2) is 45.8 Å². The number of methoxy groups -OCH3 is 1.